The van der Waals surface area contributed by atoms with Crippen LogP contribution < -0.4 is 0 Å². The first-order chi connectivity index (χ1) is 6.18. The Balaban J connectivity index is 2.63. The third kappa shape index (κ3) is 4.07. The van der Waals surface area contributed by atoms with Crippen LogP contribution in [0.15, 0.2) is 30.3 Å². The standard InChI is InChI=1S/C10H9IO2/c11-9-5-1-3-8(7-9)4-2-6-10(12)13/h1-5,7H,6H2,(H,12,13)/b4-2-. The molecule has 0 aliphatic rings. The fraction of sp³-hybridized carbons (Fsp3) is 0.100. The van der Waals surface area contributed by atoms with Crippen molar-refractivity contribution in [1.82, 2.24) is 0 Å². The molecule has 1 rings (SSSR count). The summed E-state index contributed by atoms with van der Waals surface area (Å²) in [6.45, 7) is 0. The minimum Gasteiger partial charge on any atom is -0.481 e. The molecule has 0 fully saturated rings. The summed E-state index contributed by atoms with van der Waals surface area (Å²) in [4.78, 5) is 10.2. The molecule has 68 valence electrons. The zero-order valence-electron chi connectivity index (χ0n) is 6.90. The van der Waals surface area contributed by atoms with Gasteiger partial charge in [-0.15, -0.1) is 0 Å². The second-order valence-corrected chi connectivity index (χ2v) is 3.80. The second-order valence-electron chi connectivity index (χ2n) is 2.56. The Hall–Kier alpha value is -0.840. The molecule has 0 amide bonds. The summed E-state index contributed by atoms with van der Waals surface area (Å²) in [5, 5.41) is 8.39. The topological polar surface area (TPSA) is 37.3 Å². The van der Waals surface area contributed by atoms with Gasteiger partial charge in [0.05, 0.1) is 6.42 Å². The van der Waals surface area contributed by atoms with Gasteiger partial charge in [-0.05, 0) is 40.3 Å². The molecule has 0 heterocycles. The number of halogens is 1. The van der Waals surface area contributed by atoms with Crippen LogP contribution in [0.1, 0.15) is 12.0 Å². The number of rotatable bonds is 3. The summed E-state index contributed by atoms with van der Waals surface area (Å²) in [7, 11) is 0. The molecule has 0 saturated carbocycles. The molecule has 0 bridgehead atoms. The summed E-state index contributed by atoms with van der Waals surface area (Å²) in [5.41, 5.74) is 1.04. The molecule has 0 aliphatic heterocycles. The van der Waals surface area contributed by atoms with Crippen molar-refractivity contribution in [3.8, 4) is 0 Å². The second kappa shape index (κ2) is 5.01. The molecule has 0 saturated heterocycles. The highest BCUT2D eigenvalue weighted by Crippen LogP contribution is 2.09. The van der Waals surface area contributed by atoms with E-state index >= 15 is 0 Å². The number of hydrogen-bond donors (Lipinski definition) is 1. The quantitative estimate of drug-likeness (QED) is 0.868. The zero-order chi connectivity index (χ0) is 9.68. The third-order valence-electron chi connectivity index (χ3n) is 1.45. The van der Waals surface area contributed by atoms with Crippen LogP contribution in [-0.4, -0.2) is 11.1 Å². The first kappa shape index (κ1) is 10.2. The molecular formula is C10H9IO2. The molecule has 3 heteroatoms. The van der Waals surface area contributed by atoms with Crippen LogP contribution in [0.3, 0.4) is 0 Å². The molecule has 1 N–H and O–H groups in total. The SMILES string of the molecule is O=C(O)C/C=C\c1cccc(I)c1. The lowest BCUT2D eigenvalue weighted by molar-refractivity contribution is -0.135. The molecule has 13 heavy (non-hydrogen) atoms. The van der Waals surface area contributed by atoms with Crippen molar-refractivity contribution in [3.63, 3.8) is 0 Å². The first-order valence-corrected chi connectivity index (χ1v) is 4.90. The van der Waals surface area contributed by atoms with Crippen LogP contribution in [0.25, 0.3) is 6.08 Å². The van der Waals surface area contributed by atoms with Gasteiger partial charge in [-0.25, -0.2) is 0 Å². The number of aliphatic carboxylic acids is 1. The van der Waals surface area contributed by atoms with Crippen LogP contribution in [-0.2, 0) is 4.79 Å². The lowest BCUT2D eigenvalue weighted by atomic mass is 10.2. The highest BCUT2D eigenvalue weighted by molar-refractivity contribution is 14.1. The maximum Gasteiger partial charge on any atom is 0.307 e. The lowest BCUT2D eigenvalue weighted by Gasteiger charge is -1.93. The van der Waals surface area contributed by atoms with E-state index in [1.54, 1.807) is 6.08 Å². The molecule has 0 spiro atoms. The Labute approximate surface area is 90.4 Å². The Bertz CT molecular complexity index is 331. The Morgan fingerprint density at radius 2 is 2.31 bits per heavy atom. The van der Waals surface area contributed by atoms with Gasteiger partial charge in [0, 0.05) is 3.57 Å². The Morgan fingerprint density at radius 3 is 2.92 bits per heavy atom. The molecular weight excluding hydrogens is 279 g/mol. The molecule has 1 aromatic rings. The largest absolute Gasteiger partial charge is 0.481 e. The van der Waals surface area contributed by atoms with E-state index in [0.29, 0.717) is 0 Å². The van der Waals surface area contributed by atoms with Crippen LogP contribution in [0.4, 0.5) is 0 Å². The number of benzene rings is 1. The van der Waals surface area contributed by atoms with E-state index in [-0.39, 0.29) is 6.42 Å². The van der Waals surface area contributed by atoms with Crippen molar-refractivity contribution in [1.29, 1.82) is 0 Å². The van der Waals surface area contributed by atoms with Gasteiger partial charge in [0.15, 0.2) is 0 Å². The minimum atomic E-state index is -0.804. The monoisotopic (exact) mass is 288 g/mol. The molecule has 0 aromatic heterocycles. The molecule has 0 unspecified atom stereocenters. The normalized spacial score (nSPS) is 10.5. The maximum atomic E-state index is 10.2. The average molecular weight is 288 g/mol. The fourth-order valence-corrected chi connectivity index (χ4v) is 1.47. The number of carbonyl (C=O) groups is 1. The Kier molecular flexibility index (Phi) is 3.95. The average Bonchev–Trinajstić information content (AvgIpc) is 2.03. The zero-order valence-corrected chi connectivity index (χ0v) is 9.06. The molecule has 2 nitrogen and oxygen atoms in total. The van der Waals surface area contributed by atoms with Gasteiger partial charge >= 0.3 is 5.97 Å². The van der Waals surface area contributed by atoms with E-state index in [9.17, 15) is 4.79 Å². The highest BCUT2D eigenvalue weighted by atomic mass is 127. The Morgan fingerprint density at radius 1 is 1.54 bits per heavy atom. The highest BCUT2D eigenvalue weighted by Gasteiger charge is 1.91. The van der Waals surface area contributed by atoms with Crippen molar-refractivity contribution in [2.45, 2.75) is 6.42 Å². The van der Waals surface area contributed by atoms with Crippen LogP contribution in [0.5, 0.6) is 0 Å². The summed E-state index contributed by atoms with van der Waals surface area (Å²) in [6, 6.07) is 7.89. The summed E-state index contributed by atoms with van der Waals surface area (Å²) in [5.74, 6) is -0.804. The fourth-order valence-electron chi connectivity index (χ4n) is 0.906. The van der Waals surface area contributed by atoms with Gasteiger partial charge in [0.2, 0.25) is 0 Å². The van der Waals surface area contributed by atoms with Gasteiger partial charge in [-0.3, -0.25) is 4.79 Å². The van der Waals surface area contributed by atoms with E-state index in [2.05, 4.69) is 22.6 Å². The van der Waals surface area contributed by atoms with Crippen molar-refractivity contribution < 1.29 is 9.90 Å². The molecule has 1 aromatic carbocycles. The smallest absolute Gasteiger partial charge is 0.307 e. The minimum absolute atomic E-state index is 0.0749. The van der Waals surface area contributed by atoms with Crippen LogP contribution in [0.2, 0.25) is 0 Å². The summed E-state index contributed by atoms with van der Waals surface area (Å²) in [6.07, 6.45) is 3.54. The molecule has 0 radical (unpaired) electrons. The molecule has 0 atom stereocenters. The van der Waals surface area contributed by atoms with E-state index in [0.717, 1.165) is 9.13 Å². The molecule has 0 aliphatic carbocycles. The van der Waals surface area contributed by atoms with Gasteiger partial charge in [0.1, 0.15) is 0 Å². The van der Waals surface area contributed by atoms with Crippen molar-refractivity contribution >= 4 is 34.6 Å². The predicted molar refractivity (Wildman–Crippen MR) is 60.4 cm³/mol. The van der Waals surface area contributed by atoms with E-state index in [1.807, 2.05) is 30.3 Å². The van der Waals surface area contributed by atoms with E-state index in [1.165, 1.54) is 0 Å². The number of carboxylic acid groups (broad SMARTS) is 1. The van der Waals surface area contributed by atoms with Crippen molar-refractivity contribution in [3.05, 3.63) is 39.5 Å². The van der Waals surface area contributed by atoms with E-state index in [4.69, 9.17) is 5.11 Å². The van der Waals surface area contributed by atoms with Gasteiger partial charge in [0.25, 0.3) is 0 Å². The first-order valence-electron chi connectivity index (χ1n) is 3.82. The van der Waals surface area contributed by atoms with Gasteiger partial charge in [-0.1, -0.05) is 24.3 Å². The predicted octanol–water partition coefficient (Wildman–Crippen LogP) is 2.78. The summed E-state index contributed by atoms with van der Waals surface area (Å²) >= 11 is 2.22. The summed E-state index contributed by atoms with van der Waals surface area (Å²) < 4.78 is 1.15. The van der Waals surface area contributed by atoms with Crippen molar-refractivity contribution in [2.24, 2.45) is 0 Å². The maximum absolute atomic E-state index is 10.2. The van der Waals surface area contributed by atoms with Crippen LogP contribution in [0, 0.1) is 3.57 Å². The van der Waals surface area contributed by atoms with Gasteiger partial charge < -0.3 is 5.11 Å². The third-order valence-corrected chi connectivity index (χ3v) is 2.12. The van der Waals surface area contributed by atoms with Gasteiger partial charge in [-0.2, -0.15) is 0 Å². The van der Waals surface area contributed by atoms with Crippen LogP contribution >= 0.6 is 22.6 Å². The lowest BCUT2D eigenvalue weighted by Crippen LogP contribution is -1.89. The number of carboxylic acids is 1. The van der Waals surface area contributed by atoms with E-state index < -0.39 is 5.97 Å². The number of hydrogen-bond acceptors (Lipinski definition) is 1. The van der Waals surface area contributed by atoms with Crippen molar-refractivity contribution in [2.75, 3.05) is 0 Å².